The Hall–Kier alpha value is -0.860. The highest BCUT2D eigenvalue weighted by Gasteiger charge is 2.16. The van der Waals surface area contributed by atoms with Crippen molar-refractivity contribution in [2.45, 2.75) is 17.2 Å². The van der Waals surface area contributed by atoms with Gasteiger partial charge in [0, 0.05) is 38.5 Å². The van der Waals surface area contributed by atoms with Crippen LogP contribution >= 0.6 is 35.5 Å². The highest BCUT2D eigenvalue weighted by molar-refractivity contribution is 8.01. The molecule has 1 aliphatic rings. The lowest BCUT2D eigenvalue weighted by molar-refractivity contribution is 0.134. The van der Waals surface area contributed by atoms with Gasteiger partial charge in [0.1, 0.15) is 0 Å². The molecule has 5 nitrogen and oxygen atoms in total. The molecule has 1 fully saturated rings. The van der Waals surface area contributed by atoms with Crippen molar-refractivity contribution in [3.63, 3.8) is 0 Å². The van der Waals surface area contributed by atoms with Crippen molar-refractivity contribution in [3.8, 4) is 0 Å². The second-order valence-corrected chi connectivity index (χ2v) is 8.38. The van der Waals surface area contributed by atoms with Gasteiger partial charge in [-0.3, -0.25) is 0 Å². The lowest BCUT2D eigenvalue weighted by Crippen LogP contribution is -2.47. The number of hydrogen-bond donors (Lipinski definition) is 1. The van der Waals surface area contributed by atoms with Gasteiger partial charge >= 0.3 is 0 Å². The Morgan fingerprint density at radius 2 is 1.68 bits per heavy atom. The fourth-order valence-electron chi connectivity index (χ4n) is 2.89. The third-order valence-electron chi connectivity index (χ3n) is 4.29. The van der Waals surface area contributed by atoms with Gasteiger partial charge in [-0.2, -0.15) is 0 Å². The number of benzene rings is 1. The molecular formula is C17H26ClN5S2. The number of hydrogen-bond acceptors (Lipinski definition) is 7. The van der Waals surface area contributed by atoms with Gasteiger partial charge in [-0.25, -0.2) is 0 Å². The quantitative estimate of drug-likeness (QED) is 0.544. The van der Waals surface area contributed by atoms with Gasteiger partial charge in [-0.05, 0) is 24.9 Å². The number of rotatable bonds is 8. The summed E-state index contributed by atoms with van der Waals surface area (Å²) in [6.45, 7) is 7.09. The van der Waals surface area contributed by atoms with Gasteiger partial charge in [-0.1, -0.05) is 53.4 Å². The fraction of sp³-hybridized carbons (Fsp3) is 0.529. The summed E-state index contributed by atoms with van der Waals surface area (Å²) in [4.78, 5) is 5.16. The second-order valence-electron chi connectivity index (χ2n) is 6.03. The van der Waals surface area contributed by atoms with Crippen molar-refractivity contribution in [1.82, 2.24) is 20.0 Å². The topological polar surface area (TPSA) is 58.3 Å². The maximum Gasteiger partial charge on any atom is 0.203 e. The molecule has 0 amide bonds. The molecule has 138 valence electrons. The number of halogens is 1. The fourth-order valence-corrected chi connectivity index (χ4v) is 4.53. The average molecular weight is 400 g/mol. The molecule has 0 unspecified atom stereocenters. The average Bonchev–Trinajstić information content (AvgIpc) is 3.04. The lowest BCUT2D eigenvalue weighted by Gasteiger charge is -2.34. The van der Waals surface area contributed by atoms with E-state index in [1.54, 1.807) is 11.8 Å². The van der Waals surface area contributed by atoms with E-state index in [9.17, 15) is 0 Å². The minimum absolute atomic E-state index is 0. The Morgan fingerprint density at radius 1 is 1.00 bits per heavy atom. The van der Waals surface area contributed by atoms with E-state index >= 15 is 0 Å². The zero-order valence-electron chi connectivity index (χ0n) is 14.3. The van der Waals surface area contributed by atoms with Crippen LogP contribution in [0, 0.1) is 0 Å². The molecule has 0 radical (unpaired) electrons. The van der Waals surface area contributed by atoms with Crippen molar-refractivity contribution in [2.24, 2.45) is 0 Å². The van der Waals surface area contributed by atoms with Crippen LogP contribution in [0.1, 0.15) is 12.0 Å². The Labute approximate surface area is 164 Å². The van der Waals surface area contributed by atoms with Crippen LogP contribution in [0.15, 0.2) is 34.7 Å². The summed E-state index contributed by atoms with van der Waals surface area (Å²) in [5.74, 6) is 1.09. The molecule has 0 bridgehead atoms. The van der Waals surface area contributed by atoms with E-state index in [2.05, 4.69) is 50.3 Å². The van der Waals surface area contributed by atoms with E-state index in [-0.39, 0.29) is 12.4 Å². The number of nitrogens with two attached hydrogens (primary N) is 1. The minimum Gasteiger partial charge on any atom is -0.374 e. The molecule has 1 aliphatic heterocycles. The number of aromatic nitrogens is 2. The van der Waals surface area contributed by atoms with Gasteiger partial charge in [0.2, 0.25) is 5.13 Å². The van der Waals surface area contributed by atoms with Crippen LogP contribution in [0.5, 0.6) is 0 Å². The number of piperazine rings is 1. The minimum atomic E-state index is 0. The summed E-state index contributed by atoms with van der Waals surface area (Å²) in [6.07, 6.45) is 2.34. The van der Waals surface area contributed by atoms with Crippen molar-refractivity contribution in [1.29, 1.82) is 0 Å². The van der Waals surface area contributed by atoms with Crippen LogP contribution in [-0.2, 0) is 6.42 Å². The first-order chi connectivity index (χ1) is 11.8. The summed E-state index contributed by atoms with van der Waals surface area (Å²) in [5.41, 5.74) is 7.03. The van der Waals surface area contributed by atoms with E-state index in [0.717, 1.165) is 16.5 Å². The molecule has 25 heavy (non-hydrogen) atoms. The molecule has 2 aromatic rings. The molecule has 1 saturated heterocycles. The van der Waals surface area contributed by atoms with Crippen LogP contribution in [-0.4, -0.2) is 65.0 Å². The number of nitrogen functional groups attached to an aromatic ring is 1. The first kappa shape index (κ1) is 20.5. The zero-order chi connectivity index (χ0) is 16.6. The van der Waals surface area contributed by atoms with Crippen molar-refractivity contribution in [2.75, 3.05) is 50.8 Å². The van der Waals surface area contributed by atoms with Gasteiger partial charge in [-0.15, -0.1) is 22.6 Å². The molecule has 0 atom stereocenters. The van der Waals surface area contributed by atoms with Crippen molar-refractivity contribution < 1.29 is 0 Å². The first-order valence-corrected chi connectivity index (χ1v) is 10.3. The van der Waals surface area contributed by atoms with Crippen molar-refractivity contribution >= 4 is 40.6 Å². The third-order valence-corrected chi connectivity index (χ3v) is 6.26. The maximum absolute atomic E-state index is 5.59. The van der Waals surface area contributed by atoms with Crippen molar-refractivity contribution in [3.05, 3.63) is 35.9 Å². The van der Waals surface area contributed by atoms with Crippen LogP contribution in [0.4, 0.5) is 5.13 Å². The lowest BCUT2D eigenvalue weighted by atomic mass is 10.1. The number of nitrogens with zero attached hydrogens (tertiary/aromatic N) is 4. The number of anilines is 1. The number of thioether (sulfide) groups is 1. The molecule has 3 rings (SSSR count). The Bertz CT molecular complexity index is 602. The highest BCUT2D eigenvalue weighted by atomic mass is 35.5. The molecule has 0 spiro atoms. The monoisotopic (exact) mass is 399 g/mol. The summed E-state index contributed by atoms with van der Waals surface area (Å²) >= 11 is 3.24. The SMILES string of the molecule is Cl.Nc1nnc(SCCCN2CCN(CCc3ccccc3)CC2)s1. The van der Waals surface area contributed by atoms with Gasteiger partial charge in [0.25, 0.3) is 0 Å². The molecule has 0 aliphatic carbocycles. The standard InChI is InChI=1S/C17H25N5S2.ClH/c18-16-19-20-17(24-16)23-14-4-8-21-10-12-22(13-11-21)9-7-15-5-2-1-3-6-15;/h1-3,5-6H,4,7-14H2,(H2,18,19);1H. The Morgan fingerprint density at radius 3 is 2.32 bits per heavy atom. The van der Waals surface area contributed by atoms with Crippen LogP contribution < -0.4 is 5.73 Å². The molecule has 0 saturated carbocycles. The molecular weight excluding hydrogens is 374 g/mol. The second kappa shape index (κ2) is 11.0. The molecule has 8 heteroatoms. The van der Waals surface area contributed by atoms with E-state index in [1.807, 2.05) is 0 Å². The van der Waals surface area contributed by atoms with E-state index in [0.29, 0.717) is 5.13 Å². The van der Waals surface area contributed by atoms with E-state index in [1.165, 1.54) is 62.6 Å². The van der Waals surface area contributed by atoms with Crippen LogP contribution in [0.2, 0.25) is 0 Å². The predicted molar refractivity (Wildman–Crippen MR) is 110 cm³/mol. The molecule has 2 N–H and O–H groups in total. The summed E-state index contributed by atoms with van der Waals surface area (Å²) in [5, 5.41) is 8.44. The maximum atomic E-state index is 5.59. The molecule has 1 aromatic heterocycles. The van der Waals surface area contributed by atoms with Gasteiger partial charge < -0.3 is 15.5 Å². The normalized spacial score (nSPS) is 15.8. The third kappa shape index (κ3) is 7.11. The zero-order valence-corrected chi connectivity index (χ0v) is 16.8. The predicted octanol–water partition coefficient (Wildman–Crippen LogP) is 2.88. The summed E-state index contributed by atoms with van der Waals surface area (Å²) in [7, 11) is 0. The van der Waals surface area contributed by atoms with Gasteiger partial charge in [0.05, 0.1) is 0 Å². The highest BCUT2D eigenvalue weighted by Crippen LogP contribution is 2.24. The Kier molecular flexibility index (Phi) is 8.98. The molecule has 1 aromatic carbocycles. The van der Waals surface area contributed by atoms with E-state index in [4.69, 9.17) is 5.73 Å². The largest absolute Gasteiger partial charge is 0.374 e. The van der Waals surface area contributed by atoms with E-state index < -0.39 is 0 Å². The van der Waals surface area contributed by atoms with Gasteiger partial charge in [0.15, 0.2) is 4.34 Å². The van der Waals surface area contributed by atoms with Crippen LogP contribution in [0.25, 0.3) is 0 Å². The summed E-state index contributed by atoms with van der Waals surface area (Å²) in [6, 6.07) is 10.8. The van der Waals surface area contributed by atoms with Crippen LogP contribution in [0.3, 0.4) is 0 Å². The smallest absolute Gasteiger partial charge is 0.203 e. The molecule has 2 heterocycles. The Balaban J connectivity index is 0.00000225. The summed E-state index contributed by atoms with van der Waals surface area (Å²) < 4.78 is 0.984. The first-order valence-electron chi connectivity index (χ1n) is 8.50.